The van der Waals surface area contributed by atoms with Crippen LogP contribution in [0.15, 0.2) is 22.3 Å². The lowest BCUT2D eigenvalue weighted by atomic mass is 10.1. The zero-order chi connectivity index (χ0) is 14.0. The number of hydrogen-bond donors (Lipinski definition) is 4. The molecule has 0 fully saturated rings. The minimum absolute atomic E-state index is 0.0115. The molecule has 0 atom stereocenters. The Balaban J connectivity index is 2.28. The Morgan fingerprint density at radius 2 is 2.26 bits per heavy atom. The molecular weight excluding hydrogens is 290 g/mol. The summed E-state index contributed by atoms with van der Waals surface area (Å²) in [5.74, 6) is -1.13. The van der Waals surface area contributed by atoms with E-state index < -0.39 is 5.97 Å². The zero-order valence-corrected chi connectivity index (χ0v) is 11.1. The number of thiazole rings is 1. The van der Waals surface area contributed by atoms with Crippen LogP contribution in [0, 0.1) is 0 Å². The molecular formula is C11H10ClN3O3S. The van der Waals surface area contributed by atoms with Crippen LogP contribution in [0.1, 0.15) is 16.1 Å². The molecule has 0 aliphatic carbocycles. The molecule has 1 aromatic heterocycles. The predicted molar refractivity (Wildman–Crippen MR) is 75.1 cm³/mol. The van der Waals surface area contributed by atoms with Gasteiger partial charge in [0.15, 0.2) is 0 Å². The highest BCUT2D eigenvalue weighted by molar-refractivity contribution is 7.07. The Morgan fingerprint density at radius 3 is 2.84 bits per heavy atom. The van der Waals surface area contributed by atoms with E-state index in [1.54, 1.807) is 5.38 Å². The van der Waals surface area contributed by atoms with Gasteiger partial charge in [0, 0.05) is 16.8 Å². The van der Waals surface area contributed by atoms with E-state index >= 15 is 0 Å². The van der Waals surface area contributed by atoms with Gasteiger partial charge in [-0.1, -0.05) is 22.9 Å². The first kappa shape index (κ1) is 13.4. The van der Waals surface area contributed by atoms with Crippen LogP contribution < -0.4 is 15.9 Å². The first-order valence-corrected chi connectivity index (χ1v) is 6.46. The van der Waals surface area contributed by atoms with Gasteiger partial charge in [-0.3, -0.25) is 4.79 Å². The largest absolute Gasteiger partial charge is 0.478 e. The standard InChI is InChI=1S/C11H10ClN3O3S/c12-8-2-5(13)1-7(10(16)17)9(8)14-3-6-4-19-11(18)15-6/h1-2,4,14H,3,13H2,(H,15,18)(H,16,17). The van der Waals surface area contributed by atoms with Gasteiger partial charge < -0.3 is 21.1 Å². The van der Waals surface area contributed by atoms with E-state index in [0.717, 1.165) is 11.3 Å². The van der Waals surface area contributed by atoms with Crippen LogP contribution in [0.25, 0.3) is 0 Å². The molecule has 6 nitrogen and oxygen atoms in total. The summed E-state index contributed by atoms with van der Waals surface area (Å²) < 4.78 is 0. The molecule has 0 radical (unpaired) electrons. The molecule has 2 rings (SSSR count). The highest BCUT2D eigenvalue weighted by Crippen LogP contribution is 2.29. The topological polar surface area (TPSA) is 108 Å². The molecule has 19 heavy (non-hydrogen) atoms. The Kier molecular flexibility index (Phi) is 3.77. The highest BCUT2D eigenvalue weighted by atomic mass is 35.5. The van der Waals surface area contributed by atoms with Gasteiger partial charge in [-0.15, -0.1) is 0 Å². The number of aromatic nitrogens is 1. The van der Waals surface area contributed by atoms with Crippen molar-refractivity contribution in [1.82, 2.24) is 4.98 Å². The smallest absolute Gasteiger partial charge is 0.337 e. The number of nitrogen functional groups attached to an aromatic ring is 1. The van der Waals surface area contributed by atoms with Crippen LogP contribution in [0.5, 0.6) is 0 Å². The molecule has 100 valence electrons. The molecule has 0 amide bonds. The maximum atomic E-state index is 11.1. The fourth-order valence-corrected chi connectivity index (χ4v) is 2.44. The van der Waals surface area contributed by atoms with Crippen LogP contribution in [0.3, 0.4) is 0 Å². The third-order valence-corrected chi connectivity index (χ3v) is 3.39. The van der Waals surface area contributed by atoms with E-state index in [9.17, 15) is 9.59 Å². The van der Waals surface area contributed by atoms with Crippen molar-refractivity contribution in [2.45, 2.75) is 6.54 Å². The minimum atomic E-state index is -1.13. The summed E-state index contributed by atoms with van der Waals surface area (Å²) in [6.07, 6.45) is 0. The number of carbonyl (C=O) groups is 1. The number of rotatable bonds is 4. The molecule has 1 aromatic carbocycles. The Bertz CT molecular complexity index is 680. The fraction of sp³-hybridized carbons (Fsp3) is 0.0909. The molecule has 2 aromatic rings. The zero-order valence-electron chi connectivity index (χ0n) is 9.57. The SMILES string of the molecule is Nc1cc(Cl)c(NCc2csc(=O)[nH]2)c(C(=O)O)c1. The number of nitrogens with two attached hydrogens (primary N) is 1. The van der Waals surface area contributed by atoms with Gasteiger partial charge in [-0.05, 0) is 12.1 Å². The first-order chi connectivity index (χ1) is 8.97. The summed E-state index contributed by atoms with van der Waals surface area (Å²) in [6.45, 7) is 0.267. The first-order valence-electron chi connectivity index (χ1n) is 5.20. The summed E-state index contributed by atoms with van der Waals surface area (Å²) in [6, 6.07) is 2.79. The van der Waals surface area contributed by atoms with E-state index in [1.165, 1.54) is 12.1 Å². The average molecular weight is 300 g/mol. The number of nitrogens with one attached hydrogen (secondary N) is 2. The van der Waals surface area contributed by atoms with E-state index in [4.69, 9.17) is 22.4 Å². The lowest BCUT2D eigenvalue weighted by Crippen LogP contribution is -2.09. The number of aromatic carboxylic acids is 1. The van der Waals surface area contributed by atoms with Crippen LogP contribution in [-0.2, 0) is 6.54 Å². The quantitative estimate of drug-likeness (QED) is 0.646. The van der Waals surface area contributed by atoms with Gasteiger partial charge in [0.25, 0.3) is 0 Å². The molecule has 0 unspecified atom stereocenters. The summed E-state index contributed by atoms with van der Waals surface area (Å²) in [5, 5.41) is 13.9. The molecule has 0 saturated carbocycles. The summed E-state index contributed by atoms with van der Waals surface area (Å²) in [5.41, 5.74) is 6.74. The van der Waals surface area contributed by atoms with E-state index in [-0.39, 0.29) is 33.4 Å². The average Bonchev–Trinajstić information content (AvgIpc) is 2.73. The van der Waals surface area contributed by atoms with Crippen LogP contribution in [0.2, 0.25) is 5.02 Å². The number of aromatic amines is 1. The van der Waals surface area contributed by atoms with Crippen LogP contribution in [-0.4, -0.2) is 16.1 Å². The minimum Gasteiger partial charge on any atom is -0.478 e. The van der Waals surface area contributed by atoms with Crippen molar-refractivity contribution in [3.63, 3.8) is 0 Å². The predicted octanol–water partition coefficient (Wildman–Crippen LogP) is 1.98. The lowest BCUT2D eigenvalue weighted by Gasteiger charge is -2.11. The number of carboxylic acids is 1. The Labute approximate surface area is 116 Å². The summed E-state index contributed by atoms with van der Waals surface area (Å²) in [7, 11) is 0. The van der Waals surface area contributed by atoms with E-state index in [0.29, 0.717) is 5.69 Å². The molecule has 0 spiro atoms. The fourth-order valence-electron chi connectivity index (χ4n) is 1.56. The number of benzene rings is 1. The van der Waals surface area contributed by atoms with Crippen molar-refractivity contribution in [2.75, 3.05) is 11.1 Å². The van der Waals surface area contributed by atoms with Crippen molar-refractivity contribution in [2.24, 2.45) is 0 Å². The number of carboxylic acid groups (broad SMARTS) is 1. The second kappa shape index (κ2) is 5.33. The van der Waals surface area contributed by atoms with Crippen molar-refractivity contribution in [1.29, 1.82) is 0 Å². The van der Waals surface area contributed by atoms with E-state index in [1.807, 2.05) is 0 Å². The second-order valence-electron chi connectivity index (χ2n) is 3.76. The molecule has 0 aliphatic rings. The molecule has 0 saturated heterocycles. The molecule has 1 heterocycles. The maximum absolute atomic E-state index is 11.1. The number of anilines is 2. The van der Waals surface area contributed by atoms with Gasteiger partial charge in [0.2, 0.25) is 0 Å². The monoisotopic (exact) mass is 299 g/mol. The third kappa shape index (κ3) is 3.07. The Hall–Kier alpha value is -1.99. The van der Waals surface area contributed by atoms with Gasteiger partial charge in [0.1, 0.15) is 0 Å². The molecule has 0 aliphatic heterocycles. The van der Waals surface area contributed by atoms with E-state index in [2.05, 4.69) is 10.3 Å². The number of hydrogen-bond acceptors (Lipinski definition) is 5. The van der Waals surface area contributed by atoms with Crippen molar-refractivity contribution in [3.8, 4) is 0 Å². The highest BCUT2D eigenvalue weighted by Gasteiger charge is 2.14. The molecule has 8 heteroatoms. The Morgan fingerprint density at radius 1 is 1.53 bits per heavy atom. The van der Waals surface area contributed by atoms with Gasteiger partial charge in [-0.25, -0.2) is 4.79 Å². The second-order valence-corrected chi connectivity index (χ2v) is 5.01. The third-order valence-electron chi connectivity index (χ3n) is 2.37. The van der Waals surface area contributed by atoms with Crippen molar-refractivity contribution < 1.29 is 9.90 Å². The van der Waals surface area contributed by atoms with Crippen molar-refractivity contribution >= 4 is 40.3 Å². The number of H-pyrrole nitrogens is 1. The van der Waals surface area contributed by atoms with Crippen molar-refractivity contribution in [3.05, 3.63) is 43.5 Å². The van der Waals surface area contributed by atoms with Gasteiger partial charge in [-0.2, -0.15) is 0 Å². The number of halogens is 1. The summed E-state index contributed by atoms with van der Waals surface area (Å²) in [4.78, 5) is 24.6. The molecule has 5 N–H and O–H groups in total. The van der Waals surface area contributed by atoms with Gasteiger partial charge >= 0.3 is 10.8 Å². The van der Waals surface area contributed by atoms with Crippen LogP contribution in [0.4, 0.5) is 11.4 Å². The summed E-state index contributed by atoms with van der Waals surface area (Å²) >= 11 is 7.01. The molecule has 0 bridgehead atoms. The maximum Gasteiger partial charge on any atom is 0.337 e. The van der Waals surface area contributed by atoms with Crippen LogP contribution >= 0.6 is 22.9 Å². The van der Waals surface area contributed by atoms with Gasteiger partial charge in [0.05, 0.1) is 22.8 Å². The normalized spacial score (nSPS) is 10.4. The lowest BCUT2D eigenvalue weighted by molar-refractivity contribution is 0.0698.